The van der Waals surface area contributed by atoms with E-state index in [-0.39, 0.29) is 5.97 Å². The zero-order chi connectivity index (χ0) is 19.9. The Bertz CT molecular complexity index is 595. The second kappa shape index (κ2) is 10.4. The Balaban J connectivity index is 1.76. The van der Waals surface area contributed by atoms with E-state index in [0.717, 1.165) is 30.0 Å². The Labute approximate surface area is 170 Å². The van der Waals surface area contributed by atoms with E-state index in [1.807, 2.05) is 6.92 Å². The molecule has 0 atom stereocenters. The Morgan fingerprint density at radius 3 is 2.11 bits per heavy atom. The highest BCUT2D eigenvalue weighted by Crippen LogP contribution is 2.25. The van der Waals surface area contributed by atoms with Gasteiger partial charge in [0.15, 0.2) is 0 Å². The Hall–Kier alpha value is -1.33. The molecule has 1 heterocycles. The lowest BCUT2D eigenvalue weighted by atomic mass is 9.95. The highest BCUT2D eigenvalue weighted by Gasteiger charge is 2.24. The first-order valence-corrected chi connectivity index (χ1v) is 11.4. The Kier molecular flexibility index (Phi) is 7.98. The molecule has 1 aromatic heterocycles. The number of rotatable bonds is 8. The molecule has 28 heavy (non-hydrogen) atoms. The van der Waals surface area contributed by atoms with Crippen molar-refractivity contribution in [1.82, 2.24) is 15.2 Å². The molecule has 2 saturated carbocycles. The maximum Gasteiger partial charge on any atom is 0.340 e. The molecule has 2 aliphatic rings. The number of ether oxygens (including phenoxy) is 1. The Morgan fingerprint density at radius 2 is 1.54 bits per heavy atom. The predicted molar refractivity (Wildman–Crippen MR) is 114 cm³/mol. The van der Waals surface area contributed by atoms with Gasteiger partial charge < -0.3 is 14.6 Å². The van der Waals surface area contributed by atoms with Crippen LogP contribution in [0, 0.1) is 13.8 Å². The van der Waals surface area contributed by atoms with Crippen molar-refractivity contribution < 1.29 is 9.53 Å². The van der Waals surface area contributed by atoms with Crippen LogP contribution in [0.15, 0.2) is 0 Å². The molecule has 0 bridgehead atoms. The SMILES string of the molecule is CCOC(=O)c1c(C)c(CNC2CCCCC2)n(CNC2CCCCC2)c1C. The third kappa shape index (κ3) is 5.18. The van der Waals surface area contributed by atoms with Crippen molar-refractivity contribution in [1.29, 1.82) is 0 Å². The minimum Gasteiger partial charge on any atom is -0.462 e. The smallest absolute Gasteiger partial charge is 0.340 e. The van der Waals surface area contributed by atoms with Gasteiger partial charge in [-0.3, -0.25) is 5.32 Å². The summed E-state index contributed by atoms with van der Waals surface area (Å²) in [6.45, 7) is 8.02. The minimum atomic E-state index is -0.187. The van der Waals surface area contributed by atoms with E-state index in [1.54, 1.807) is 0 Å². The van der Waals surface area contributed by atoms with Crippen molar-refractivity contribution in [3.63, 3.8) is 0 Å². The molecule has 0 aliphatic heterocycles. The van der Waals surface area contributed by atoms with E-state index in [0.29, 0.717) is 18.7 Å². The maximum atomic E-state index is 12.6. The van der Waals surface area contributed by atoms with Crippen LogP contribution in [-0.4, -0.2) is 29.2 Å². The number of esters is 1. The van der Waals surface area contributed by atoms with Gasteiger partial charge in [-0.25, -0.2) is 4.79 Å². The lowest BCUT2D eigenvalue weighted by molar-refractivity contribution is 0.0524. The number of nitrogens with one attached hydrogen (secondary N) is 2. The minimum absolute atomic E-state index is 0.187. The molecule has 5 heteroatoms. The van der Waals surface area contributed by atoms with Crippen molar-refractivity contribution in [2.75, 3.05) is 6.61 Å². The fraction of sp³-hybridized carbons (Fsp3) is 0.783. The number of aromatic nitrogens is 1. The van der Waals surface area contributed by atoms with Crippen molar-refractivity contribution in [3.8, 4) is 0 Å². The van der Waals surface area contributed by atoms with Gasteiger partial charge in [0.05, 0.1) is 18.8 Å². The number of carbonyl (C=O) groups is 1. The highest BCUT2D eigenvalue weighted by molar-refractivity contribution is 5.93. The molecule has 2 N–H and O–H groups in total. The molecule has 0 amide bonds. The second-order valence-electron chi connectivity index (χ2n) is 8.59. The van der Waals surface area contributed by atoms with Crippen molar-refractivity contribution >= 4 is 5.97 Å². The van der Waals surface area contributed by atoms with Gasteiger partial charge in [0.1, 0.15) is 0 Å². The third-order valence-electron chi connectivity index (χ3n) is 6.69. The standard InChI is InChI=1S/C23H39N3O2/c1-4-28-23(27)22-17(2)21(15-24-19-11-7-5-8-12-19)26(18(22)3)16-25-20-13-9-6-10-14-20/h19-20,24-25H,4-16H2,1-3H3. The van der Waals surface area contributed by atoms with Crippen LogP contribution in [0.25, 0.3) is 0 Å². The summed E-state index contributed by atoms with van der Waals surface area (Å²) in [5, 5.41) is 7.52. The number of hydrogen-bond donors (Lipinski definition) is 2. The molecule has 5 nitrogen and oxygen atoms in total. The number of hydrogen-bond acceptors (Lipinski definition) is 4. The predicted octanol–water partition coefficient (Wildman–Crippen LogP) is 4.58. The maximum absolute atomic E-state index is 12.6. The fourth-order valence-corrected chi connectivity index (χ4v) is 4.98. The van der Waals surface area contributed by atoms with Gasteiger partial charge in [0.2, 0.25) is 0 Å². The van der Waals surface area contributed by atoms with Crippen LogP contribution < -0.4 is 10.6 Å². The molecule has 0 unspecified atom stereocenters. The van der Waals surface area contributed by atoms with E-state index in [9.17, 15) is 4.79 Å². The van der Waals surface area contributed by atoms with Crippen molar-refractivity contribution in [2.24, 2.45) is 0 Å². The lowest BCUT2D eigenvalue weighted by Gasteiger charge is -2.26. The van der Waals surface area contributed by atoms with Gasteiger partial charge in [0, 0.05) is 30.0 Å². The van der Waals surface area contributed by atoms with Crippen LogP contribution in [0.4, 0.5) is 0 Å². The molecule has 0 radical (unpaired) electrons. The summed E-state index contributed by atoms with van der Waals surface area (Å²) in [5.74, 6) is -0.187. The van der Waals surface area contributed by atoms with Gasteiger partial charge >= 0.3 is 5.97 Å². The normalized spacial score (nSPS) is 19.1. The van der Waals surface area contributed by atoms with Gasteiger partial charge in [-0.1, -0.05) is 38.5 Å². The number of nitrogens with zero attached hydrogens (tertiary/aromatic N) is 1. The summed E-state index contributed by atoms with van der Waals surface area (Å²) in [5.41, 5.74) is 4.09. The second-order valence-corrected chi connectivity index (χ2v) is 8.59. The van der Waals surface area contributed by atoms with Crippen molar-refractivity contribution in [3.05, 3.63) is 22.5 Å². The molecule has 3 rings (SSSR count). The van der Waals surface area contributed by atoms with E-state index in [1.165, 1.54) is 69.9 Å². The fourth-order valence-electron chi connectivity index (χ4n) is 4.98. The van der Waals surface area contributed by atoms with Crippen LogP contribution in [0.3, 0.4) is 0 Å². The molecular weight excluding hydrogens is 350 g/mol. The summed E-state index contributed by atoms with van der Waals surface area (Å²) < 4.78 is 7.67. The molecule has 0 saturated heterocycles. The van der Waals surface area contributed by atoms with Gasteiger partial charge in [-0.05, 0) is 52.0 Å². The first kappa shape index (κ1) is 21.4. The molecule has 0 aromatic carbocycles. The zero-order valence-corrected chi connectivity index (χ0v) is 18.1. The lowest BCUT2D eigenvalue weighted by Crippen LogP contribution is -2.35. The summed E-state index contributed by atoms with van der Waals surface area (Å²) in [7, 11) is 0. The molecule has 2 aliphatic carbocycles. The van der Waals surface area contributed by atoms with E-state index >= 15 is 0 Å². The molecule has 2 fully saturated rings. The number of carbonyl (C=O) groups excluding carboxylic acids is 1. The Morgan fingerprint density at radius 1 is 0.964 bits per heavy atom. The third-order valence-corrected chi connectivity index (χ3v) is 6.69. The highest BCUT2D eigenvalue weighted by atomic mass is 16.5. The molecule has 1 aromatic rings. The van der Waals surface area contributed by atoms with Crippen LogP contribution >= 0.6 is 0 Å². The summed E-state index contributed by atoms with van der Waals surface area (Å²) in [6, 6.07) is 1.20. The molecular formula is C23H39N3O2. The summed E-state index contributed by atoms with van der Waals surface area (Å²) in [6.07, 6.45) is 13.1. The van der Waals surface area contributed by atoms with E-state index < -0.39 is 0 Å². The van der Waals surface area contributed by atoms with Crippen molar-refractivity contribution in [2.45, 2.75) is 110 Å². The summed E-state index contributed by atoms with van der Waals surface area (Å²) in [4.78, 5) is 12.6. The van der Waals surface area contributed by atoms with Crippen LogP contribution in [-0.2, 0) is 18.0 Å². The van der Waals surface area contributed by atoms with Gasteiger partial charge in [-0.2, -0.15) is 0 Å². The van der Waals surface area contributed by atoms with E-state index in [2.05, 4.69) is 29.0 Å². The van der Waals surface area contributed by atoms with Gasteiger partial charge in [-0.15, -0.1) is 0 Å². The first-order chi connectivity index (χ1) is 13.6. The van der Waals surface area contributed by atoms with Crippen LogP contribution in [0.5, 0.6) is 0 Å². The van der Waals surface area contributed by atoms with Crippen LogP contribution in [0.1, 0.15) is 98.4 Å². The van der Waals surface area contributed by atoms with Gasteiger partial charge in [0.25, 0.3) is 0 Å². The quantitative estimate of drug-likeness (QED) is 0.639. The van der Waals surface area contributed by atoms with Crippen LogP contribution in [0.2, 0.25) is 0 Å². The largest absolute Gasteiger partial charge is 0.462 e. The summed E-state index contributed by atoms with van der Waals surface area (Å²) >= 11 is 0. The average Bonchev–Trinajstić information content (AvgIpc) is 2.95. The topological polar surface area (TPSA) is 55.3 Å². The molecule has 158 valence electrons. The molecule has 0 spiro atoms. The zero-order valence-electron chi connectivity index (χ0n) is 18.1. The first-order valence-electron chi connectivity index (χ1n) is 11.4. The van der Waals surface area contributed by atoms with E-state index in [4.69, 9.17) is 4.74 Å². The average molecular weight is 390 g/mol. The monoisotopic (exact) mass is 389 g/mol.